The second-order valence-corrected chi connectivity index (χ2v) is 3.53. The predicted molar refractivity (Wildman–Crippen MR) is 66.5 cm³/mol. The fourth-order valence-corrected chi connectivity index (χ4v) is 1.84. The summed E-state index contributed by atoms with van der Waals surface area (Å²) < 4.78 is 6.32. The highest BCUT2D eigenvalue weighted by molar-refractivity contribution is 5.99. The molecular formula is C12H19N3O3. The normalized spacial score (nSPS) is 13.0. The molecule has 1 aliphatic heterocycles. The van der Waals surface area contributed by atoms with Crippen LogP contribution in [0.25, 0.3) is 0 Å². The van der Waals surface area contributed by atoms with Crippen LogP contribution in [0.2, 0.25) is 0 Å². The summed E-state index contributed by atoms with van der Waals surface area (Å²) in [5.41, 5.74) is 1.40. The van der Waals surface area contributed by atoms with Gasteiger partial charge in [0.15, 0.2) is 5.69 Å². The number of ether oxygens (including phenoxy) is 1. The maximum atomic E-state index is 11.6. The zero-order valence-corrected chi connectivity index (χ0v) is 11.2. The van der Waals surface area contributed by atoms with E-state index in [4.69, 9.17) is 4.74 Å². The second-order valence-electron chi connectivity index (χ2n) is 3.53. The molecule has 0 bridgehead atoms. The van der Waals surface area contributed by atoms with E-state index in [2.05, 4.69) is 10.4 Å². The Kier molecular flexibility index (Phi) is 4.88. The van der Waals surface area contributed by atoms with Crippen molar-refractivity contribution in [2.75, 3.05) is 13.2 Å². The van der Waals surface area contributed by atoms with Gasteiger partial charge in [0.2, 0.25) is 0 Å². The van der Waals surface area contributed by atoms with Crippen LogP contribution in [0.5, 0.6) is 0 Å². The van der Waals surface area contributed by atoms with Gasteiger partial charge in [-0.2, -0.15) is 5.10 Å². The molecule has 0 fully saturated rings. The summed E-state index contributed by atoms with van der Waals surface area (Å²) in [6.45, 7) is 6.57. The van der Waals surface area contributed by atoms with Crippen molar-refractivity contribution in [3.05, 3.63) is 17.0 Å². The molecule has 0 atom stereocenters. The average Bonchev–Trinajstić information content (AvgIpc) is 2.71. The first kappa shape index (κ1) is 14.2. The molecule has 2 rings (SSSR count). The van der Waals surface area contributed by atoms with Gasteiger partial charge in [-0.1, -0.05) is 13.8 Å². The molecule has 0 radical (unpaired) electrons. The molecular weight excluding hydrogens is 234 g/mol. The van der Waals surface area contributed by atoms with E-state index in [-0.39, 0.29) is 11.6 Å². The first-order chi connectivity index (χ1) is 8.65. The van der Waals surface area contributed by atoms with Crippen LogP contribution in [0.4, 0.5) is 0 Å². The summed E-state index contributed by atoms with van der Waals surface area (Å²) in [6.07, 6.45) is 0.614. The zero-order chi connectivity index (χ0) is 13.7. The van der Waals surface area contributed by atoms with Crippen LogP contribution in [0.3, 0.4) is 0 Å². The molecule has 1 aromatic rings. The van der Waals surface area contributed by atoms with Gasteiger partial charge in [-0.3, -0.25) is 9.48 Å². The molecule has 6 nitrogen and oxygen atoms in total. The third-order valence-corrected chi connectivity index (χ3v) is 2.49. The summed E-state index contributed by atoms with van der Waals surface area (Å²) in [7, 11) is 1.65. The van der Waals surface area contributed by atoms with Gasteiger partial charge >= 0.3 is 5.97 Å². The molecule has 100 valence electrons. The van der Waals surface area contributed by atoms with Crippen molar-refractivity contribution >= 4 is 11.9 Å². The Morgan fingerprint density at radius 2 is 2.17 bits per heavy atom. The Hall–Kier alpha value is -1.85. The van der Waals surface area contributed by atoms with E-state index in [1.165, 1.54) is 4.68 Å². The lowest BCUT2D eigenvalue weighted by Gasteiger charge is -2.13. The number of esters is 1. The average molecular weight is 253 g/mol. The largest absolute Gasteiger partial charge is 0.461 e. The first-order valence-electron chi connectivity index (χ1n) is 6.16. The van der Waals surface area contributed by atoms with E-state index in [0.29, 0.717) is 30.8 Å². The predicted octanol–water partition coefficient (Wildman–Crippen LogP) is 0.909. The van der Waals surface area contributed by atoms with Gasteiger partial charge in [-0.15, -0.1) is 0 Å². The third kappa shape index (κ3) is 2.52. The molecule has 18 heavy (non-hydrogen) atoms. The fourth-order valence-electron chi connectivity index (χ4n) is 1.84. The maximum absolute atomic E-state index is 11.6. The third-order valence-electron chi connectivity index (χ3n) is 2.49. The Morgan fingerprint density at radius 3 is 2.78 bits per heavy atom. The van der Waals surface area contributed by atoms with E-state index in [1.54, 1.807) is 14.0 Å². The highest BCUT2D eigenvalue weighted by atomic mass is 16.5. The molecule has 0 aliphatic carbocycles. The molecule has 0 aromatic carbocycles. The number of nitrogens with one attached hydrogen (secondary N) is 1. The topological polar surface area (TPSA) is 73.2 Å². The van der Waals surface area contributed by atoms with Crippen molar-refractivity contribution in [3.8, 4) is 0 Å². The van der Waals surface area contributed by atoms with Gasteiger partial charge < -0.3 is 10.1 Å². The maximum Gasteiger partial charge on any atom is 0.359 e. The number of hydrogen-bond acceptors (Lipinski definition) is 4. The van der Waals surface area contributed by atoms with Crippen molar-refractivity contribution in [2.45, 2.75) is 27.2 Å². The minimum Gasteiger partial charge on any atom is -0.461 e. The minimum atomic E-state index is -0.464. The van der Waals surface area contributed by atoms with E-state index < -0.39 is 5.97 Å². The Morgan fingerprint density at radius 1 is 1.50 bits per heavy atom. The molecule has 1 aliphatic rings. The lowest BCUT2D eigenvalue weighted by atomic mass is 10.1. The highest BCUT2D eigenvalue weighted by Crippen LogP contribution is 2.18. The number of fused-ring (bicyclic) bond motifs is 1. The quantitative estimate of drug-likeness (QED) is 0.795. The lowest BCUT2D eigenvalue weighted by molar-refractivity contribution is 0.0517. The SMILES string of the molecule is CC.CCOC(=O)c1nn(C)c2c1CCNC2=O. The Balaban J connectivity index is 0.000000771. The van der Waals surface area contributed by atoms with Crippen LogP contribution in [0, 0.1) is 0 Å². The smallest absolute Gasteiger partial charge is 0.359 e. The Bertz CT molecular complexity index is 452. The van der Waals surface area contributed by atoms with Crippen molar-refractivity contribution in [1.82, 2.24) is 15.1 Å². The molecule has 0 spiro atoms. The summed E-state index contributed by atoms with van der Waals surface area (Å²) in [6, 6.07) is 0. The number of aryl methyl sites for hydroxylation is 1. The summed E-state index contributed by atoms with van der Waals surface area (Å²) in [5.74, 6) is -0.652. The summed E-state index contributed by atoms with van der Waals surface area (Å²) >= 11 is 0. The number of nitrogens with zero attached hydrogens (tertiary/aromatic N) is 2. The van der Waals surface area contributed by atoms with Gasteiger partial charge in [0.05, 0.1) is 6.61 Å². The van der Waals surface area contributed by atoms with Crippen LogP contribution in [0.15, 0.2) is 0 Å². The zero-order valence-electron chi connectivity index (χ0n) is 11.2. The molecule has 1 N–H and O–H groups in total. The van der Waals surface area contributed by atoms with Crippen molar-refractivity contribution < 1.29 is 14.3 Å². The molecule has 2 heterocycles. The van der Waals surface area contributed by atoms with Crippen molar-refractivity contribution in [3.63, 3.8) is 0 Å². The number of carbonyl (C=O) groups is 2. The van der Waals surface area contributed by atoms with Gasteiger partial charge in [-0.25, -0.2) is 4.79 Å². The second kappa shape index (κ2) is 6.18. The number of carbonyl (C=O) groups excluding carboxylic acids is 2. The number of aromatic nitrogens is 2. The van der Waals surface area contributed by atoms with Crippen LogP contribution in [0.1, 0.15) is 47.3 Å². The van der Waals surface area contributed by atoms with Gasteiger partial charge in [0.25, 0.3) is 5.91 Å². The molecule has 0 saturated heterocycles. The molecule has 0 unspecified atom stereocenters. The van der Waals surface area contributed by atoms with Gasteiger partial charge in [-0.05, 0) is 13.3 Å². The highest BCUT2D eigenvalue weighted by Gasteiger charge is 2.28. The van der Waals surface area contributed by atoms with Crippen molar-refractivity contribution in [2.24, 2.45) is 7.05 Å². The van der Waals surface area contributed by atoms with Crippen LogP contribution in [-0.2, 0) is 18.2 Å². The van der Waals surface area contributed by atoms with E-state index in [9.17, 15) is 9.59 Å². The summed E-state index contributed by atoms with van der Waals surface area (Å²) in [4.78, 5) is 23.2. The van der Waals surface area contributed by atoms with Gasteiger partial charge in [0, 0.05) is 19.2 Å². The van der Waals surface area contributed by atoms with Crippen LogP contribution < -0.4 is 5.32 Å². The first-order valence-corrected chi connectivity index (χ1v) is 6.16. The molecule has 1 amide bonds. The standard InChI is InChI=1S/C10H13N3O3.C2H6/c1-3-16-10(15)7-6-4-5-11-9(14)8(6)13(2)12-7;1-2/h3-5H2,1-2H3,(H,11,14);1-2H3. The van der Waals surface area contributed by atoms with E-state index in [1.807, 2.05) is 13.8 Å². The molecule has 0 saturated carbocycles. The number of hydrogen-bond donors (Lipinski definition) is 1. The lowest BCUT2D eigenvalue weighted by Crippen LogP contribution is -2.33. The Labute approximate surface area is 106 Å². The van der Waals surface area contributed by atoms with Gasteiger partial charge in [0.1, 0.15) is 5.69 Å². The van der Waals surface area contributed by atoms with E-state index in [0.717, 1.165) is 0 Å². The van der Waals surface area contributed by atoms with Crippen LogP contribution in [-0.4, -0.2) is 34.8 Å². The van der Waals surface area contributed by atoms with Crippen LogP contribution >= 0.6 is 0 Å². The van der Waals surface area contributed by atoms with E-state index >= 15 is 0 Å². The molecule has 6 heteroatoms. The number of amides is 1. The fraction of sp³-hybridized carbons (Fsp3) is 0.583. The monoisotopic (exact) mass is 253 g/mol. The van der Waals surface area contributed by atoms with Crippen molar-refractivity contribution in [1.29, 1.82) is 0 Å². The minimum absolute atomic E-state index is 0.188. The molecule has 1 aromatic heterocycles. The number of rotatable bonds is 2. The summed E-state index contributed by atoms with van der Waals surface area (Å²) in [5, 5.41) is 6.75.